The summed E-state index contributed by atoms with van der Waals surface area (Å²) in [4.78, 5) is 31.0. The number of hydrogen-bond donors (Lipinski definition) is 2. The van der Waals surface area contributed by atoms with Crippen LogP contribution in [0.15, 0.2) is 18.2 Å². The Morgan fingerprint density at radius 2 is 2.07 bits per heavy atom. The van der Waals surface area contributed by atoms with Crippen molar-refractivity contribution in [3.8, 4) is 0 Å². The maximum atomic E-state index is 12.8. The molecular formula is C21H28N4O2. The quantitative estimate of drug-likeness (QED) is 0.846. The van der Waals surface area contributed by atoms with Crippen LogP contribution in [0.2, 0.25) is 0 Å². The molecule has 1 aromatic carbocycles. The second-order valence-electron chi connectivity index (χ2n) is 7.51. The highest BCUT2D eigenvalue weighted by atomic mass is 16.2. The highest BCUT2D eigenvalue weighted by Gasteiger charge is 2.23. The lowest BCUT2D eigenvalue weighted by Crippen LogP contribution is -2.44. The number of carbonyl (C=O) groups is 2. The van der Waals surface area contributed by atoms with Crippen molar-refractivity contribution >= 4 is 22.7 Å². The van der Waals surface area contributed by atoms with E-state index in [1.165, 1.54) is 5.56 Å². The number of benzene rings is 1. The molecule has 0 saturated carbocycles. The van der Waals surface area contributed by atoms with Crippen LogP contribution >= 0.6 is 0 Å². The Labute approximate surface area is 160 Å². The van der Waals surface area contributed by atoms with Gasteiger partial charge in [0.25, 0.3) is 5.91 Å². The van der Waals surface area contributed by atoms with Crippen LogP contribution in [-0.2, 0) is 4.79 Å². The molecule has 0 spiro atoms. The van der Waals surface area contributed by atoms with Crippen molar-refractivity contribution < 1.29 is 9.59 Å². The van der Waals surface area contributed by atoms with Crippen LogP contribution in [0.4, 0.5) is 0 Å². The molecule has 1 atom stereocenters. The lowest BCUT2D eigenvalue weighted by Gasteiger charge is -2.31. The van der Waals surface area contributed by atoms with Gasteiger partial charge in [0.1, 0.15) is 0 Å². The van der Waals surface area contributed by atoms with Gasteiger partial charge in [0.15, 0.2) is 0 Å². The number of nitrogens with zero attached hydrogens (tertiary/aromatic N) is 2. The van der Waals surface area contributed by atoms with Gasteiger partial charge in [-0.1, -0.05) is 12.1 Å². The van der Waals surface area contributed by atoms with Crippen molar-refractivity contribution in [1.82, 2.24) is 15.2 Å². The molecule has 3 rings (SSSR count). The summed E-state index contributed by atoms with van der Waals surface area (Å²) in [7, 11) is 0. The maximum Gasteiger partial charge on any atom is 0.252 e. The molecular weight excluding hydrogens is 340 g/mol. The molecule has 1 aliphatic heterocycles. The number of nitrogens with two attached hydrogens (primary N) is 1. The van der Waals surface area contributed by atoms with E-state index in [9.17, 15) is 9.59 Å². The molecule has 144 valence electrons. The predicted molar refractivity (Wildman–Crippen MR) is 107 cm³/mol. The van der Waals surface area contributed by atoms with Gasteiger partial charge in [-0.05, 0) is 57.4 Å². The average molecular weight is 368 g/mol. The number of carbonyl (C=O) groups excluding carboxylic acids is 2. The number of hydrogen-bond acceptors (Lipinski definition) is 4. The molecule has 0 radical (unpaired) electrons. The highest BCUT2D eigenvalue weighted by Crippen LogP contribution is 2.24. The third kappa shape index (κ3) is 4.27. The predicted octanol–water partition coefficient (Wildman–Crippen LogP) is 2.09. The first-order chi connectivity index (χ1) is 12.9. The zero-order valence-corrected chi connectivity index (χ0v) is 16.3. The molecule has 1 saturated heterocycles. The number of aromatic nitrogens is 1. The number of aryl methyl sites for hydroxylation is 3. The zero-order chi connectivity index (χ0) is 19.6. The fourth-order valence-corrected chi connectivity index (χ4v) is 3.76. The Morgan fingerprint density at radius 1 is 1.30 bits per heavy atom. The standard InChI is InChI=1S/C21H28N4O2/c1-13-6-7-17-18(11-14(2)24-19(17)15(13)3)21(27)23-8-10-25-9-4-5-16(12-25)20(22)26/h6-7,11,16H,4-5,8-10,12H2,1-3H3,(H2,22,26)(H,23,27). The Kier molecular flexibility index (Phi) is 5.75. The second kappa shape index (κ2) is 8.05. The second-order valence-corrected chi connectivity index (χ2v) is 7.51. The highest BCUT2D eigenvalue weighted by molar-refractivity contribution is 6.07. The molecule has 1 aromatic heterocycles. The molecule has 27 heavy (non-hydrogen) atoms. The number of nitrogens with one attached hydrogen (secondary N) is 1. The number of likely N-dealkylation sites (tertiary alicyclic amines) is 1. The number of fused-ring (bicyclic) bond motifs is 1. The van der Waals surface area contributed by atoms with Crippen molar-refractivity contribution in [2.45, 2.75) is 33.6 Å². The average Bonchev–Trinajstić information content (AvgIpc) is 2.64. The molecule has 1 unspecified atom stereocenters. The van der Waals surface area contributed by atoms with Crippen molar-refractivity contribution in [1.29, 1.82) is 0 Å². The normalized spacial score (nSPS) is 17.8. The first kappa shape index (κ1) is 19.3. The van der Waals surface area contributed by atoms with E-state index in [2.05, 4.69) is 22.1 Å². The third-order valence-electron chi connectivity index (χ3n) is 5.50. The lowest BCUT2D eigenvalue weighted by atomic mass is 9.97. The molecule has 2 heterocycles. The van der Waals surface area contributed by atoms with Crippen LogP contribution in [0.5, 0.6) is 0 Å². The van der Waals surface area contributed by atoms with E-state index in [4.69, 9.17) is 5.73 Å². The zero-order valence-electron chi connectivity index (χ0n) is 16.3. The summed E-state index contributed by atoms with van der Waals surface area (Å²) in [6.45, 7) is 8.88. The molecule has 2 amide bonds. The molecule has 1 fully saturated rings. The Balaban J connectivity index is 1.68. The van der Waals surface area contributed by atoms with Crippen molar-refractivity contribution in [2.24, 2.45) is 11.7 Å². The number of pyridine rings is 1. The van der Waals surface area contributed by atoms with Gasteiger partial charge in [0.05, 0.1) is 17.0 Å². The fourth-order valence-electron chi connectivity index (χ4n) is 3.76. The van der Waals surface area contributed by atoms with Gasteiger partial charge in [-0.3, -0.25) is 14.6 Å². The molecule has 6 heteroatoms. The van der Waals surface area contributed by atoms with Crippen LogP contribution < -0.4 is 11.1 Å². The van der Waals surface area contributed by atoms with E-state index in [-0.39, 0.29) is 17.7 Å². The Hall–Kier alpha value is -2.47. The lowest BCUT2D eigenvalue weighted by molar-refractivity contribution is -0.123. The number of primary amides is 1. The summed E-state index contributed by atoms with van der Waals surface area (Å²) in [5.41, 5.74) is 10.1. The van der Waals surface area contributed by atoms with Crippen LogP contribution in [0.3, 0.4) is 0 Å². The van der Waals surface area contributed by atoms with Gasteiger partial charge < -0.3 is 16.0 Å². The SMILES string of the molecule is Cc1cc(C(=O)NCCN2CCCC(C(N)=O)C2)c2ccc(C)c(C)c2n1. The smallest absolute Gasteiger partial charge is 0.252 e. The van der Waals surface area contributed by atoms with E-state index in [1.807, 2.05) is 32.0 Å². The number of piperidine rings is 1. The molecule has 1 aliphatic rings. The minimum Gasteiger partial charge on any atom is -0.369 e. The molecule has 2 aromatic rings. The summed E-state index contributed by atoms with van der Waals surface area (Å²) < 4.78 is 0. The van der Waals surface area contributed by atoms with Crippen molar-refractivity contribution in [3.05, 3.63) is 40.6 Å². The number of rotatable bonds is 5. The van der Waals surface area contributed by atoms with Gasteiger partial charge in [0, 0.05) is 30.7 Å². The van der Waals surface area contributed by atoms with E-state index >= 15 is 0 Å². The van der Waals surface area contributed by atoms with Gasteiger partial charge in [-0.15, -0.1) is 0 Å². The molecule has 6 nitrogen and oxygen atoms in total. The minimum atomic E-state index is -0.229. The van der Waals surface area contributed by atoms with Crippen molar-refractivity contribution in [2.75, 3.05) is 26.2 Å². The van der Waals surface area contributed by atoms with E-state index in [1.54, 1.807) is 0 Å². The summed E-state index contributed by atoms with van der Waals surface area (Å²) in [6, 6.07) is 5.85. The Morgan fingerprint density at radius 3 is 2.81 bits per heavy atom. The van der Waals surface area contributed by atoms with Gasteiger partial charge in [0.2, 0.25) is 5.91 Å². The summed E-state index contributed by atoms with van der Waals surface area (Å²) in [6.07, 6.45) is 1.83. The summed E-state index contributed by atoms with van der Waals surface area (Å²) >= 11 is 0. The van der Waals surface area contributed by atoms with E-state index in [0.29, 0.717) is 18.7 Å². The first-order valence-corrected chi connectivity index (χ1v) is 9.54. The summed E-state index contributed by atoms with van der Waals surface area (Å²) in [5.74, 6) is -0.391. The van der Waals surface area contributed by atoms with Crippen molar-refractivity contribution in [3.63, 3.8) is 0 Å². The monoisotopic (exact) mass is 368 g/mol. The van der Waals surface area contributed by atoms with Gasteiger partial charge in [-0.25, -0.2) is 0 Å². The van der Waals surface area contributed by atoms with E-state index < -0.39 is 0 Å². The fraction of sp³-hybridized carbons (Fsp3) is 0.476. The van der Waals surface area contributed by atoms with Gasteiger partial charge >= 0.3 is 0 Å². The number of amides is 2. The minimum absolute atomic E-state index is 0.0764. The topological polar surface area (TPSA) is 88.3 Å². The Bertz CT molecular complexity index is 878. The van der Waals surface area contributed by atoms with E-state index in [0.717, 1.165) is 48.1 Å². The third-order valence-corrected chi connectivity index (χ3v) is 5.50. The largest absolute Gasteiger partial charge is 0.369 e. The van der Waals surface area contributed by atoms with Crippen LogP contribution in [-0.4, -0.2) is 47.9 Å². The molecule has 0 aliphatic carbocycles. The maximum absolute atomic E-state index is 12.8. The molecule has 3 N–H and O–H groups in total. The van der Waals surface area contributed by atoms with Gasteiger partial charge in [-0.2, -0.15) is 0 Å². The van der Waals surface area contributed by atoms with Crippen LogP contribution in [0.25, 0.3) is 10.9 Å². The summed E-state index contributed by atoms with van der Waals surface area (Å²) in [5, 5.41) is 3.90. The van der Waals surface area contributed by atoms with Crippen LogP contribution in [0, 0.1) is 26.7 Å². The molecule has 0 bridgehead atoms. The van der Waals surface area contributed by atoms with Crippen LogP contribution in [0.1, 0.15) is 40.0 Å². The first-order valence-electron chi connectivity index (χ1n) is 9.54.